The van der Waals surface area contributed by atoms with Crippen molar-refractivity contribution in [2.45, 2.75) is 25.8 Å². The van der Waals surface area contributed by atoms with Crippen LogP contribution in [-0.4, -0.2) is 17.6 Å². The van der Waals surface area contributed by atoms with Crippen LogP contribution in [0.25, 0.3) is 11.1 Å². The molecule has 2 aromatic carbocycles. The van der Waals surface area contributed by atoms with Gasteiger partial charge in [0, 0.05) is 22.3 Å². The molecule has 30 heavy (non-hydrogen) atoms. The minimum atomic E-state index is -0.207. The minimum absolute atomic E-state index is 0.207. The lowest BCUT2D eigenvalue weighted by atomic mass is 10.1. The van der Waals surface area contributed by atoms with Gasteiger partial charge in [0.2, 0.25) is 0 Å². The lowest BCUT2D eigenvalue weighted by Gasteiger charge is -2.10. The molecule has 0 fully saturated rings. The normalized spacial score (nSPS) is 11.1. The molecule has 1 heterocycles. The Morgan fingerprint density at radius 1 is 1.07 bits per heavy atom. The summed E-state index contributed by atoms with van der Waals surface area (Å²) in [5.41, 5.74) is 10.5. The smallest absolute Gasteiger partial charge is 0.122 e. The molecule has 0 spiro atoms. The van der Waals surface area contributed by atoms with Crippen LogP contribution >= 0.6 is 11.6 Å². The van der Waals surface area contributed by atoms with Crippen molar-refractivity contribution in [2.75, 3.05) is 6.61 Å². The molecule has 0 radical (unpaired) electrons. The summed E-state index contributed by atoms with van der Waals surface area (Å²) < 4.78 is 5.82. The van der Waals surface area contributed by atoms with E-state index in [4.69, 9.17) is 28.5 Å². The van der Waals surface area contributed by atoms with Gasteiger partial charge in [0.1, 0.15) is 11.4 Å². The van der Waals surface area contributed by atoms with Gasteiger partial charge in [-0.05, 0) is 73.2 Å². The van der Waals surface area contributed by atoms with Gasteiger partial charge in [-0.3, -0.25) is 0 Å². The monoisotopic (exact) mass is 414 g/mol. The topological polar surface area (TPSA) is 48.1 Å². The first-order chi connectivity index (χ1) is 14.5. The van der Waals surface area contributed by atoms with Crippen molar-refractivity contribution < 1.29 is 4.74 Å². The zero-order chi connectivity index (χ0) is 21.3. The average Bonchev–Trinajstić information content (AvgIpc) is 2.77. The van der Waals surface area contributed by atoms with Gasteiger partial charge < -0.3 is 10.5 Å². The van der Waals surface area contributed by atoms with E-state index in [1.807, 2.05) is 67.7 Å². The summed E-state index contributed by atoms with van der Waals surface area (Å²) in [6.45, 7) is 2.60. The number of nitrogens with two attached hydrogens (primary N) is 1. The lowest BCUT2D eigenvalue weighted by Crippen LogP contribution is -2.17. The van der Waals surface area contributed by atoms with E-state index in [-0.39, 0.29) is 6.04 Å². The third-order valence-electron chi connectivity index (χ3n) is 4.58. The molecule has 3 rings (SSSR count). The number of terminal acetylenes is 1. The summed E-state index contributed by atoms with van der Waals surface area (Å²) in [4.78, 5) is 4.45. The van der Waals surface area contributed by atoms with E-state index in [0.717, 1.165) is 46.5 Å². The predicted molar refractivity (Wildman–Crippen MR) is 123 cm³/mol. The summed E-state index contributed by atoms with van der Waals surface area (Å²) >= 11 is 5.94. The Bertz CT molecular complexity index is 1090. The third-order valence-corrected chi connectivity index (χ3v) is 4.83. The van der Waals surface area contributed by atoms with Crippen LogP contribution in [0.1, 0.15) is 29.7 Å². The van der Waals surface area contributed by atoms with E-state index in [0.29, 0.717) is 11.6 Å². The van der Waals surface area contributed by atoms with E-state index in [9.17, 15) is 0 Å². The number of aryl methyl sites for hydroxylation is 1. The van der Waals surface area contributed by atoms with Gasteiger partial charge >= 0.3 is 0 Å². The number of pyridine rings is 1. The maximum absolute atomic E-state index is 5.94. The van der Waals surface area contributed by atoms with Crippen LogP contribution in [0.2, 0.25) is 5.02 Å². The molecular formula is C26H23ClN2O. The lowest BCUT2D eigenvalue weighted by molar-refractivity contribution is 0.303. The molecule has 0 aliphatic carbocycles. The Morgan fingerprint density at radius 2 is 1.83 bits per heavy atom. The minimum Gasteiger partial charge on any atom is -0.493 e. The highest BCUT2D eigenvalue weighted by atomic mass is 35.5. The van der Waals surface area contributed by atoms with Crippen molar-refractivity contribution in [1.82, 2.24) is 4.98 Å². The van der Waals surface area contributed by atoms with Crippen LogP contribution in [0.3, 0.4) is 0 Å². The highest BCUT2D eigenvalue weighted by Crippen LogP contribution is 2.21. The molecule has 0 saturated heterocycles. The number of halogens is 1. The molecule has 0 bridgehead atoms. The molecule has 0 aliphatic rings. The molecule has 1 aromatic heterocycles. The fraction of sp³-hybridized carbons (Fsp3) is 0.192. The SMILES string of the molecule is C#CC(N)CCCOc1ccc(C#Cc2ccc(-c3ccc(Cl)cc3)cn2)cc1C. The molecular weight excluding hydrogens is 392 g/mol. The van der Waals surface area contributed by atoms with Crippen molar-refractivity contribution in [3.8, 4) is 41.1 Å². The van der Waals surface area contributed by atoms with E-state index in [1.165, 1.54) is 0 Å². The number of rotatable bonds is 6. The number of ether oxygens (including phenoxy) is 1. The highest BCUT2D eigenvalue weighted by molar-refractivity contribution is 6.30. The van der Waals surface area contributed by atoms with E-state index < -0.39 is 0 Å². The van der Waals surface area contributed by atoms with Gasteiger partial charge in [0.25, 0.3) is 0 Å². The van der Waals surface area contributed by atoms with E-state index >= 15 is 0 Å². The van der Waals surface area contributed by atoms with Crippen LogP contribution in [0.15, 0.2) is 60.8 Å². The van der Waals surface area contributed by atoms with Crippen LogP contribution in [0.5, 0.6) is 5.75 Å². The number of benzene rings is 2. The Labute approximate surface area is 183 Å². The Hall–Kier alpha value is -3.24. The second kappa shape index (κ2) is 10.5. The summed E-state index contributed by atoms with van der Waals surface area (Å²) in [7, 11) is 0. The predicted octanol–water partition coefficient (Wildman–Crippen LogP) is 5.23. The second-order valence-electron chi connectivity index (χ2n) is 6.93. The molecule has 3 nitrogen and oxygen atoms in total. The van der Waals surface area contributed by atoms with Gasteiger partial charge in [0.15, 0.2) is 0 Å². The molecule has 0 aliphatic heterocycles. The van der Waals surface area contributed by atoms with Crippen molar-refractivity contribution in [3.63, 3.8) is 0 Å². The average molecular weight is 415 g/mol. The largest absolute Gasteiger partial charge is 0.493 e. The summed E-state index contributed by atoms with van der Waals surface area (Å²) in [5.74, 6) is 9.64. The van der Waals surface area contributed by atoms with Gasteiger partial charge in [-0.15, -0.1) is 6.42 Å². The van der Waals surface area contributed by atoms with Crippen LogP contribution in [0, 0.1) is 31.1 Å². The fourth-order valence-electron chi connectivity index (χ4n) is 2.87. The number of hydrogen-bond acceptors (Lipinski definition) is 3. The van der Waals surface area contributed by atoms with E-state index in [2.05, 4.69) is 22.7 Å². The van der Waals surface area contributed by atoms with Crippen molar-refractivity contribution in [3.05, 3.63) is 82.6 Å². The Morgan fingerprint density at radius 3 is 2.50 bits per heavy atom. The van der Waals surface area contributed by atoms with Crippen LogP contribution in [0.4, 0.5) is 0 Å². The number of hydrogen-bond donors (Lipinski definition) is 1. The molecule has 2 N–H and O–H groups in total. The van der Waals surface area contributed by atoms with Crippen molar-refractivity contribution in [1.29, 1.82) is 0 Å². The second-order valence-corrected chi connectivity index (χ2v) is 7.37. The molecule has 0 saturated carbocycles. The van der Waals surface area contributed by atoms with Gasteiger partial charge in [-0.1, -0.05) is 41.6 Å². The first-order valence-electron chi connectivity index (χ1n) is 9.74. The van der Waals surface area contributed by atoms with Crippen LogP contribution < -0.4 is 10.5 Å². The highest BCUT2D eigenvalue weighted by Gasteiger charge is 2.02. The molecule has 0 amide bonds. The van der Waals surface area contributed by atoms with Gasteiger partial charge in [0.05, 0.1) is 12.6 Å². The number of aromatic nitrogens is 1. The molecule has 4 heteroatoms. The van der Waals surface area contributed by atoms with Crippen LogP contribution in [-0.2, 0) is 0 Å². The Kier molecular flexibility index (Phi) is 7.52. The van der Waals surface area contributed by atoms with Crippen molar-refractivity contribution >= 4 is 11.6 Å². The van der Waals surface area contributed by atoms with Gasteiger partial charge in [-0.2, -0.15) is 0 Å². The molecule has 1 atom stereocenters. The molecule has 150 valence electrons. The summed E-state index contributed by atoms with van der Waals surface area (Å²) in [6.07, 6.45) is 8.68. The fourth-order valence-corrected chi connectivity index (χ4v) is 3.00. The Balaban J connectivity index is 1.61. The van der Waals surface area contributed by atoms with E-state index in [1.54, 1.807) is 0 Å². The van der Waals surface area contributed by atoms with Gasteiger partial charge in [-0.25, -0.2) is 4.98 Å². The standard InChI is InChI=1S/C26H23ClN2O/c1-3-24(28)5-4-16-30-26-15-7-20(17-19(26)2)6-13-25-14-10-22(18-29-25)21-8-11-23(27)12-9-21/h1,7-12,14-15,17-18,24H,4-5,16,28H2,2H3. The maximum atomic E-state index is 5.94. The molecule has 1 unspecified atom stereocenters. The number of nitrogens with zero attached hydrogens (tertiary/aromatic N) is 1. The first kappa shape index (κ1) is 21.5. The zero-order valence-electron chi connectivity index (χ0n) is 16.9. The summed E-state index contributed by atoms with van der Waals surface area (Å²) in [6, 6.07) is 17.3. The molecule has 3 aromatic rings. The summed E-state index contributed by atoms with van der Waals surface area (Å²) in [5, 5.41) is 0.717. The van der Waals surface area contributed by atoms with Crippen molar-refractivity contribution in [2.24, 2.45) is 5.73 Å². The third kappa shape index (κ3) is 6.13. The maximum Gasteiger partial charge on any atom is 0.122 e. The quantitative estimate of drug-likeness (QED) is 0.443. The first-order valence-corrected chi connectivity index (χ1v) is 10.1. The zero-order valence-corrected chi connectivity index (χ0v) is 17.6.